The highest BCUT2D eigenvalue weighted by atomic mass is 16.6. The molecule has 1 saturated heterocycles. The van der Waals surface area contributed by atoms with Gasteiger partial charge in [0, 0.05) is 17.6 Å². The second kappa shape index (κ2) is 6.08. The second-order valence-corrected chi connectivity index (χ2v) is 8.32. The Hall–Kier alpha value is -1.97. The van der Waals surface area contributed by atoms with Crippen molar-refractivity contribution in [3.05, 3.63) is 35.5 Å². The van der Waals surface area contributed by atoms with Crippen molar-refractivity contribution in [3.63, 3.8) is 0 Å². The average molecular weight is 340 g/mol. The predicted molar refractivity (Wildman–Crippen MR) is 99.8 cm³/mol. The summed E-state index contributed by atoms with van der Waals surface area (Å²) < 4.78 is 8.12. The van der Waals surface area contributed by atoms with Crippen molar-refractivity contribution in [1.29, 1.82) is 0 Å². The minimum atomic E-state index is -0.456. The van der Waals surface area contributed by atoms with Gasteiger partial charge in [-0.1, -0.05) is 18.2 Å². The van der Waals surface area contributed by atoms with Crippen molar-refractivity contribution >= 4 is 17.0 Å². The lowest BCUT2D eigenvalue weighted by Gasteiger charge is -2.31. The molecule has 0 spiro atoms. The number of benzene rings is 1. The lowest BCUT2D eigenvalue weighted by atomic mass is 9.95. The van der Waals surface area contributed by atoms with Gasteiger partial charge in [0.15, 0.2) is 0 Å². The van der Waals surface area contributed by atoms with E-state index in [1.807, 2.05) is 25.7 Å². The Labute approximate surface area is 149 Å². The Balaban J connectivity index is 1.77. The van der Waals surface area contributed by atoms with Crippen molar-refractivity contribution in [2.24, 2.45) is 0 Å². The molecule has 4 heteroatoms. The third-order valence-corrected chi connectivity index (χ3v) is 5.37. The van der Waals surface area contributed by atoms with Gasteiger partial charge in [0.1, 0.15) is 11.8 Å². The molecular weight excluding hydrogens is 312 g/mol. The monoisotopic (exact) mass is 340 g/mol. The molecule has 0 bridgehead atoms. The number of aromatic nitrogens is 1. The highest BCUT2D eigenvalue weighted by molar-refractivity contribution is 5.86. The number of para-hydroxylation sites is 1. The van der Waals surface area contributed by atoms with E-state index < -0.39 is 5.60 Å². The number of aryl methyl sites for hydroxylation is 1. The lowest BCUT2D eigenvalue weighted by molar-refractivity contribution is 0.0165. The van der Waals surface area contributed by atoms with Gasteiger partial charge in [-0.3, -0.25) is 4.90 Å². The smallest absolute Gasteiger partial charge is 0.411 e. The van der Waals surface area contributed by atoms with Crippen LogP contribution in [0.3, 0.4) is 0 Å². The van der Waals surface area contributed by atoms with Crippen molar-refractivity contribution in [2.45, 2.75) is 71.1 Å². The Bertz CT molecular complexity index is 800. The van der Waals surface area contributed by atoms with Crippen LogP contribution in [0.15, 0.2) is 24.3 Å². The summed E-state index contributed by atoms with van der Waals surface area (Å²) >= 11 is 0. The maximum Gasteiger partial charge on any atom is 0.411 e. The first-order valence-electron chi connectivity index (χ1n) is 9.56. The van der Waals surface area contributed by atoms with E-state index in [1.165, 1.54) is 35.0 Å². The van der Waals surface area contributed by atoms with Crippen LogP contribution in [0.5, 0.6) is 0 Å². The van der Waals surface area contributed by atoms with E-state index in [-0.39, 0.29) is 12.3 Å². The quantitative estimate of drug-likeness (QED) is 0.728. The van der Waals surface area contributed by atoms with Gasteiger partial charge in [-0.15, -0.1) is 0 Å². The molecular formula is C21H28N2O2. The first kappa shape index (κ1) is 16.5. The molecule has 1 aromatic carbocycles. The molecule has 0 unspecified atom stereocenters. The number of carbonyl (C=O) groups is 1. The largest absolute Gasteiger partial charge is 0.444 e. The summed E-state index contributed by atoms with van der Waals surface area (Å²) in [5, 5.41) is 1.37. The second-order valence-electron chi connectivity index (χ2n) is 8.32. The van der Waals surface area contributed by atoms with Gasteiger partial charge in [-0.2, -0.15) is 0 Å². The highest BCUT2D eigenvalue weighted by Gasteiger charge is 2.36. The highest BCUT2D eigenvalue weighted by Crippen LogP contribution is 2.39. The summed E-state index contributed by atoms with van der Waals surface area (Å²) in [6.45, 7) is 6.58. The van der Waals surface area contributed by atoms with Crippen LogP contribution in [0.25, 0.3) is 10.9 Å². The van der Waals surface area contributed by atoms with E-state index in [2.05, 4.69) is 28.8 Å². The Morgan fingerprint density at radius 3 is 2.68 bits per heavy atom. The summed E-state index contributed by atoms with van der Waals surface area (Å²) in [5.41, 5.74) is 3.75. The number of nitrogens with zero attached hydrogens (tertiary/aromatic N) is 2. The Kier molecular flexibility index (Phi) is 4.01. The van der Waals surface area contributed by atoms with E-state index in [0.29, 0.717) is 0 Å². The minimum Gasteiger partial charge on any atom is -0.444 e. The molecule has 2 heterocycles. The standard InChI is InChI=1S/C21H28N2O2/c1-21(2,3)25-20(24)22-14-8-13-19(22)23-17-11-6-4-9-15(17)16-10-5-7-12-18(16)23/h4,6,9,11,19H,5,7-8,10,12-14H2,1-3H3/t19-/m1/s1. The topological polar surface area (TPSA) is 34.5 Å². The maximum atomic E-state index is 12.8. The average Bonchev–Trinajstić information content (AvgIpc) is 3.15. The van der Waals surface area contributed by atoms with Crippen LogP contribution in [0.4, 0.5) is 4.79 Å². The molecule has 1 aromatic heterocycles. The molecule has 2 aliphatic rings. The fourth-order valence-corrected chi connectivity index (χ4v) is 4.42. The van der Waals surface area contributed by atoms with Gasteiger partial charge in [-0.05, 0) is 70.9 Å². The molecule has 0 radical (unpaired) electrons. The number of likely N-dealkylation sites (tertiary alicyclic amines) is 1. The molecule has 0 N–H and O–H groups in total. The molecule has 2 aromatic rings. The zero-order chi connectivity index (χ0) is 17.6. The molecule has 1 fully saturated rings. The molecule has 1 amide bonds. The van der Waals surface area contributed by atoms with Crippen molar-refractivity contribution in [3.8, 4) is 0 Å². The van der Waals surface area contributed by atoms with Crippen LogP contribution >= 0.6 is 0 Å². The summed E-state index contributed by atoms with van der Waals surface area (Å²) in [6.07, 6.45) is 6.71. The zero-order valence-electron chi connectivity index (χ0n) is 15.5. The van der Waals surface area contributed by atoms with Gasteiger partial charge < -0.3 is 9.30 Å². The van der Waals surface area contributed by atoms with Gasteiger partial charge in [0.05, 0.1) is 5.52 Å². The normalized spacial score (nSPS) is 20.8. The number of ether oxygens (including phenoxy) is 1. The molecule has 1 aliphatic carbocycles. The number of carbonyl (C=O) groups excluding carboxylic acids is 1. The molecule has 4 rings (SSSR count). The van der Waals surface area contributed by atoms with Gasteiger partial charge in [0.2, 0.25) is 0 Å². The van der Waals surface area contributed by atoms with Crippen molar-refractivity contribution < 1.29 is 9.53 Å². The van der Waals surface area contributed by atoms with Gasteiger partial charge in [0.25, 0.3) is 0 Å². The lowest BCUT2D eigenvalue weighted by Crippen LogP contribution is -2.38. The van der Waals surface area contributed by atoms with Gasteiger partial charge in [-0.25, -0.2) is 4.79 Å². The molecule has 134 valence electrons. The van der Waals surface area contributed by atoms with Crippen LogP contribution in [-0.4, -0.2) is 27.7 Å². The van der Waals surface area contributed by atoms with Crippen LogP contribution in [0.2, 0.25) is 0 Å². The number of hydrogen-bond acceptors (Lipinski definition) is 2. The predicted octanol–water partition coefficient (Wildman–Crippen LogP) is 5.05. The maximum absolute atomic E-state index is 12.8. The zero-order valence-corrected chi connectivity index (χ0v) is 15.5. The van der Waals surface area contributed by atoms with E-state index in [0.717, 1.165) is 32.2 Å². The fourth-order valence-electron chi connectivity index (χ4n) is 4.42. The van der Waals surface area contributed by atoms with E-state index in [1.54, 1.807) is 0 Å². The molecule has 4 nitrogen and oxygen atoms in total. The van der Waals surface area contributed by atoms with E-state index in [9.17, 15) is 4.79 Å². The minimum absolute atomic E-state index is 0.0848. The van der Waals surface area contributed by atoms with E-state index in [4.69, 9.17) is 4.74 Å². The van der Waals surface area contributed by atoms with Crippen LogP contribution in [-0.2, 0) is 17.6 Å². The van der Waals surface area contributed by atoms with Crippen molar-refractivity contribution in [1.82, 2.24) is 9.47 Å². The first-order chi connectivity index (χ1) is 12.0. The van der Waals surface area contributed by atoms with Crippen LogP contribution in [0, 0.1) is 0 Å². The molecule has 1 atom stereocenters. The van der Waals surface area contributed by atoms with Crippen molar-refractivity contribution in [2.75, 3.05) is 6.54 Å². The third kappa shape index (κ3) is 2.92. The number of hydrogen-bond donors (Lipinski definition) is 0. The number of fused-ring (bicyclic) bond motifs is 3. The summed E-state index contributed by atoms with van der Waals surface area (Å²) in [6, 6.07) is 8.68. The number of amides is 1. The number of rotatable bonds is 1. The Morgan fingerprint density at radius 2 is 1.88 bits per heavy atom. The third-order valence-electron chi connectivity index (χ3n) is 5.37. The molecule has 25 heavy (non-hydrogen) atoms. The SMILES string of the molecule is CC(C)(C)OC(=O)N1CCC[C@H]1n1c2c(c3ccccc31)CCCC2. The molecule has 0 saturated carbocycles. The van der Waals surface area contributed by atoms with Gasteiger partial charge >= 0.3 is 6.09 Å². The Morgan fingerprint density at radius 1 is 1.12 bits per heavy atom. The molecule has 1 aliphatic heterocycles. The van der Waals surface area contributed by atoms with Crippen LogP contribution < -0.4 is 0 Å². The first-order valence-corrected chi connectivity index (χ1v) is 9.56. The fraction of sp³-hybridized carbons (Fsp3) is 0.571. The van der Waals surface area contributed by atoms with Crippen LogP contribution in [0.1, 0.15) is 63.9 Å². The summed E-state index contributed by atoms with van der Waals surface area (Å²) in [5.74, 6) is 0. The summed E-state index contributed by atoms with van der Waals surface area (Å²) in [4.78, 5) is 14.7. The van der Waals surface area contributed by atoms with E-state index >= 15 is 0 Å². The summed E-state index contributed by atoms with van der Waals surface area (Å²) in [7, 11) is 0.